The van der Waals surface area contributed by atoms with Crippen LogP contribution >= 0.6 is 0 Å². The number of carboxylic acid groups (broad SMARTS) is 1. The van der Waals surface area contributed by atoms with Crippen LogP contribution in [0.3, 0.4) is 0 Å². The molecule has 1 aromatic carbocycles. The van der Waals surface area contributed by atoms with E-state index in [1.807, 2.05) is 20.8 Å². The van der Waals surface area contributed by atoms with E-state index < -0.39 is 22.8 Å². The van der Waals surface area contributed by atoms with Crippen molar-refractivity contribution in [2.24, 2.45) is 5.41 Å². The fourth-order valence-corrected chi connectivity index (χ4v) is 1.98. The number of nitrogens with zero attached hydrogens (tertiary/aromatic N) is 1. The van der Waals surface area contributed by atoms with Crippen LogP contribution in [0.15, 0.2) is 18.2 Å². The first-order valence-electron chi connectivity index (χ1n) is 7.09. The van der Waals surface area contributed by atoms with E-state index in [-0.39, 0.29) is 28.8 Å². The van der Waals surface area contributed by atoms with Gasteiger partial charge in [-0.2, -0.15) is 0 Å². The molecule has 0 heterocycles. The minimum atomic E-state index is -1.16. The van der Waals surface area contributed by atoms with Gasteiger partial charge in [-0.15, -0.1) is 0 Å². The van der Waals surface area contributed by atoms with E-state index in [1.165, 1.54) is 18.2 Å². The van der Waals surface area contributed by atoms with E-state index in [4.69, 9.17) is 5.73 Å². The number of amides is 1. The van der Waals surface area contributed by atoms with Gasteiger partial charge in [0.05, 0.1) is 10.5 Å². The summed E-state index contributed by atoms with van der Waals surface area (Å²) in [4.78, 5) is 33.6. The molecule has 0 saturated heterocycles. The van der Waals surface area contributed by atoms with Crippen molar-refractivity contribution < 1.29 is 19.6 Å². The molecule has 1 amide bonds. The van der Waals surface area contributed by atoms with Crippen molar-refractivity contribution in [1.29, 1.82) is 0 Å². The maximum Gasteiger partial charge on any atom is 0.326 e. The predicted octanol–water partition coefficient (Wildman–Crippen LogP) is 2.19. The lowest BCUT2D eigenvalue weighted by atomic mass is 9.88. The third-order valence-electron chi connectivity index (χ3n) is 3.31. The zero-order chi connectivity index (χ0) is 17.8. The Balaban J connectivity index is 2.94. The summed E-state index contributed by atoms with van der Waals surface area (Å²) < 4.78 is 0. The number of nitro benzene ring substituents is 1. The van der Waals surface area contributed by atoms with Gasteiger partial charge in [0.15, 0.2) is 0 Å². The zero-order valence-electron chi connectivity index (χ0n) is 13.3. The van der Waals surface area contributed by atoms with Gasteiger partial charge in [-0.05, 0) is 24.3 Å². The molecule has 0 fully saturated rings. The summed E-state index contributed by atoms with van der Waals surface area (Å²) in [6.45, 7) is 5.89. The van der Waals surface area contributed by atoms with Crippen molar-refractivity contribution in [1.82, 2.24) is 5.32 Å². The Labute approximate surface area is 133 Å². The number of hydrogen-bond donors (Lipinski definition) is 3. The highest BCUT2D eigenvalue weighted by atomic mass is 16.6. The van der Waals surface area contributed by atoms with E-state index in [1.54, 1.807) is 0 Å². The Morgan fingerprint density at radius 3 is 2.48 bits per heavy atom. The zero-order valence-corrected chi connectivity index (χ0v) is 13.3. The molecular formula is C15H21N3O5. The molecule has 1 atom stereocenters. The van der Waals surface area contributed by atoms with Crippen LogP contribution in [0.5, 0.6) is 0 Å². The number of carbonyl (C=O) groups excluding carboxylic acids is 1. The van der Waals surface area contributed by atoms with Gasteiger partial charge in [0.1, 0.15) is 11.7 Å². The number of para-hydroxylation sites is 1. The molecule has 0 aliphatic carbocycles. The number of nitrogen functional groups attached to an aromatic ring is 1. The van der Waals surface area contributed by atoms with Crippen molar-refractivity contribution in [2.45, 2.75) is 39.7 Å². The lowest BCUT2D eigenvalue weighted by molar-refractivity contribution is -0.383. The molecule has 0 radical (unpaired) electrons. The number of carbonyl (C=O) groups is 2. The third kappa shape index (κ3) is 5.24. The normalized spacial score (nSPS) is 12.5. The van der Waals surface area contributed by atoms with Crippen molar-refractivity contribution in [2.75, 3.05) is 5.73 Å². The number of rotatable bonds is 6. The van der Waals surface area contributed by atoms with Gasteiger partial charge >= 0.3 is 5.97 Å². The molecule has 0 aliphatic rings. The van der Waals surface area contributed by atoms with E-state index in [2.05, 4.69) is 5.32 Å². The molecule has 0 bridgehead atoms. The summed E-state index contributed by atoms with van der Waals surface area (Å²) in [5.74, 6) is -1.90. The van der Waals surface area contributed by atoms with Gasteiger partial charge in [-0.3, -0.25) is 14.9 Å². The summed E-state index contributed by atoms with van der Waals surface area (Å²) in [5.41, 5.74) is 4.77. The van der Waals surface area contributed by atoms with E-state index >= 15 is 0 Å². The van der Waals surface area contributed by atoms with Crippen LogP contribution in [0, 0.1) is 15.5 Å². The maximum absolute atomic E-state index is 12.2. The molecule has 0 aromatic heterocycles. The van der Waals surface area contributed by atoms with Crippen molar-refractivity contribution in [3.8, 4) is 0 Å². The fraction of sp³-hybridized carbons (Fsp3) is 0.467. The molecule has 4 N–H and O–H groups in total. The number of anilines is 1. The average Bonchev–Trinajstić information content (AvgIpc) is 2.41. The molecular weight excluding hydrogens is 302 g/mol. The number of aliphatic carboxylic acids is 1. The summed E-state index contributed by atoms with van der Waals surface area (Å²) in [7, 11) is 0. The number of nitrogens with two attached hydrogens (primary N) is 1. The summed E-state index contributed by atoms with van der Waals surface area (Å²) in [6.07, 6.45) is 0.841. The number of hydrogen-bond acceptors (Lipinski definition) is 5. The van der Waals surface area contributed by atoms with E-state index in [0.29, 0.717) is 6.42 Å². The van der Waals surface area contributed by atoms with Crippen molar-refractivity contribution >= 4 is 23.3 Å². The van der Waals surface area contributed by atoms with Gasteiger partial charge < -0.3 is 16.2 Å². The number of nitrogens with one attached hydrogen (secondary N) is 1. The van der Waals surface area contributed by atoms with Crippen LogP contribution in [0.1, 0.15) is 44.0 Å². The monoisotopic (exact) mass is 323 g/mol. The van der Waals surface area contributed by atoms with E-state index in [0.717, 1.165) is 0 Å². The summed E-state index contributed by atoms with van der Waals surface area (Å²) in [6, 6.07) is 2.75. The molecule has 0 aliphatic heterocycles. The Bertz CT molecular complexity index is 622. The number of benzene rings is 1. The highest BCUT2D eigenvalue weighted by Gasteiger charge is 2.25. The number of nitro groups is 1. The maximum atomic E-state index is 12.2. The van der Waals surface area contributed by atoms with Crippen LogP contribution in [0.2, 0.25) is 0 Å². The molecule has 0 spiro atoms. The van der Waals surface area contributed by atoms with E-state index in [9.17, 15) is 24.8 Å². The SMILES string of the molecule is CC(C)(C)CCC(NC(=O)c1cccc([N+](=O)[O-])c1N)C(=O)O. The second kappa shape index (κ2) is 7.08. The molecule has 1 aromatic rings. The lowest BCUT2D eigenvalue weighted by Gasteiger charge is -2.21. The van der Waals surface area contributed by atoms with Crippen LogP contribution in [0.25, 0.3) is 0 Å². The van der Waals surface area contributed by atoms with Crippen LogP contribution in [-0.4, -0.2) is 27.9 Å². The fourth-order valence-electron chi connectivity index (χ4n) is 1.98. The van der Waals surface area contributed by atoms with Crippen LogP contribution in [0.4, 0.5) is 11.4 Å². The second-order valence-electron chi connectivity index (χ2n) is 6.46. The number of carboxylic acids is 1. The summed E-state index contributed by atoms with van der Waals surface area (Å²) in [5, 5.41) is 22.4. The van der Waals surface area contributed by atoms with Crippen molar-refractivity contribution in [3.05, 3.63) is 33.9 Å². The van der Waals surface area contributed by atoms with Gasteiger partial charge in [0.25, 0.3) is 11.6 Å². The van der Waals surface area contributed by atoms with Gasteiger partial charge in [-0.25, -0.2) is 4.79 Å². The first kappa shape index (κ1) is 18.4. The first-order chi connectivity index (χ1) is 10.5. The molecule has 23 heavy (non-hydrogen) atoms. The highest BCUT2D eigenvalue weighted by Crippen LogP contribution is 2.25. The molecule has 8 heteroatoms. The molecule has 0 saturated carbocycles. The Hall–Kier alpha value is -2.64. The second-order valence-corrected chi connectivity index (χ2v) is 6.46. The lowest BCUT2D eigenvalue weighted by Crippen LogP contribution is -2.41. The molecule has 8 nitrogen and oxygen atoms in total. The largest absolute Gasteiger partial charge is 0.480 e. The first-order valence-corrected chi connectivity index (χ1v) is 7.09. The molecule has 1 rings (SSSR count). The highest BCUT2D eigenvalue weighted by molar-refractivity contribution is 6.02. The Kier molecular flexibility index (Phi) is 5.67. The smallest absolute Gasteiger partial charge is 0.326 e. The molecule has 1 unspecified atom stereocenters. The summed E-state index contributed by atoms with van der Waals surface area (Å²) >= 11 is 0. The van der Waals surface area contributed by atoms with Crippen LogP contribution < -0.4 is 11.1 Å². The minimum Gasteiger partial charge on any atom is -0.480 e. The third-order valence-corrected chi connectivity index (χ3v) is 3.31. The van der Waals surface area contributed by atoms with Crippen LogP contribution in [-0.2, 0) is 4.79 Å². The quantitative estimate of drug-likeness (QED) is 0.417. The van der Waals surface area contributed by atoms with Gasteiger partial charge in [0.2, 0.25) is 0 Å². The average molecular weight is 323 g/mol. The predicted molar refractivity (Wildman–Crippen MR) is 85.1 cm³/mol. The minimum absolute atomic E-state index is 0.0804. The van der Waals surface area contributed by atoms with Crippen molar-refractivity contribution in [3.63, 3.8) is 0 Å². The standard InChI is InChI=1S/C15H21N3O5/c1-15(2,3)8-7-10(14(20)21)17-13(19)9-5-4-6-11(12(9)16)18(22)23/h4-6,10H,7-8,16H2,1-3H3,(H,17,19)(H,20,21). The molecule has 126 valence electrons. The van der Waals surface area contributed by atoms with Gasteiger partial charge in [0, 0.05) is 6.07 Å². The van der Waals surface area contributed by atoms with Gasteiger partial charge in [-0.1, -0.05) is 26.8 Å². The Morgan fingerprint density at radius 2 is 2.00 bits per heavy atom. The Morgan fingerprint density at radius 1 is 1.39 bits per heavy atom. The topological polar surface area (TPSA) is 136 Å².